The second-order valence-corrected chi connectivity index (χ2v) is 5.20. The van der Waals surface area contributed by atoms with Gasteiger partial charge in [-0.05, 0) is 24.1 Å². The molecule has 2 atom stereocenters. The molecule has 0 saturated heterocycles. The zero-order valence-corrected chi connectivity index (χ0v) is 13.1. The first-order chi connectivity index (χ1) is 10.8. The molecule has 0 saturated carbocycles. The minimum Gasteiger partial charge on any atom is -0.508 e. The summed E-state index contributed by atoms with van der Waals surface area (Å²) >= 11 is 3.96. The SMILES string of the molecule is NC(Cc1ccc(O)cc1)C(=O)NC(CS)C(=O)NCC(=O)O. The Labute approximate surface area is 138 Å². The predicted octanol–water partition coefficient (Wildman–Crippen LogP) is -1.12. The molecule has 9 heteroatoms. The molecule has 0 heterocycles. The smallest absolute Gasteiger partial charge is 0.322 e. The maximum Gasteiger partial charge on any atom is 0.322 e. The van der Waals surface area contributed by atoms with E-state index in [-0.39, 0.29) is 17.9 Å². The van der Waals surface area contributed by atoms with Gasteiger partial charge in [0.2, 0.25) is 11.8 Å². The van der Waals surface area contributed by atoms with Gasteiger partial charge in [-0.15, -0.1) is 0 Å². The average molecular weight is 341 g/mol. The Bertz CT molecular complexity index is 564. The van der Waals surface area contributed by atoms with Crippen LogP contribution in [0, 0.1) is 0 Å². The van der Waals surface area contributed by atoms with Crippen molar-refractivity contribution in [3.63, 3.8) is 0 Å². The Hall–Kier alpha value is -2.26. The van der Waals surface area contributed by atoms with Crippen LogP contribution < -0.4 is 16.4 Å². The van der Waals surface area contributed by atoms with E-state index in [1.807, 2.05) is 0 Å². The number of benzene rings is 1. The summed E-state index contributed by atoms with van der Waals surface area (Å²) in [5.41, 5.74) is 6.54. The number of carbonyl (C=O) groups is 3. The van der Waals surface area contributed by atoms with Crippen LogP contribution in [0.15, 0.2) is 24.3 Å². The summed E-state index contributed by atoms with van der Waals surface area (Å²) < 4.78 is 0. The lowest BCUT2D eigenvalue weighted by molar-refractivity contribution is -0.138. The molecule has 1 aromatic rings. The van der Waals surface area contributed by atoms with Crippen molar-refractivity contribution in [1.29, 1.82) is 0 Å². The van der Waals surface area contributed by atoms with E-state index in [9.17, 15) is 19.5 Å². The molecule has 1 rings (SSSR count). The fourth-order valence-electron chi connectivity index (χ4n) is 1.74. The van der Waals surface area contributed by atoms with E-state index in [0.29, 0.717) is 0 Å². The Kier molecular flexibility index (Phi) is 7.36. The quantitative estimate of drug-likeness (QED) is 0.331. The fraction of sp³-hybridized carbons (Fsp3) is 0.357. The van der Waals surface area contributed by atoms with E-state index in [4.69, 9.17) is 10.8 Å². The van der Waals surface area contributed by atoms with Crippen molar-refractivity contribution in [3.05, 3.63) is 29.8 Å². The Morgan fingerprint density at radius 1 is 1.17 bits per heavy atom. The number of aromatic hydroxyl groups is 1. The maximum atomic E-state index is 12.0. The number of carboxylic acid groups (broad SMARTS) is 1. The van der Waals surface area contributed by atoms with Crippen molar-refractivity contribution in [3.8, 4) is 5.75 Å². The number of amides is 2. The summed E-state index contributed by atoms with van der Waals surface area (Å²) in [5.74, 6) is -2.28. The van der Waals surface area contributed by atoms with Crippen LogP contribution in [0.25, 0.3) is 0 Å². The third-order valence-electron chi connectivity index (χ3n) is 2.96. The molecule has 0 aliphatic rings. The molecule has 0 fully saturated rings. The second-order valence-electron chi connectivity index (χ2n) is 4.83. The fourth-order valence-corrected chi connectivity index (χ4v) is 1.99. The van der Waals surface area contributed by atoms with Crippen molar-refractivity contribution in [1.82, 2.24) is 10.6 Å². The summed E-state index contributed by atoms with van der Waals surface area (Å²) in [5, 5.41) is 22.3. The molecule has 2 unspecified atom stereocenters. The van der Waals surface area contributed by atoms with E-state index < -0.39 is 36.4 Å². The van der Waals surface area contributed by atoms with Gasteiger partial charge in [-0.1, -0.05) is 12.1 Å². The molecule has 8 nitrogen and oxygen atoms in total. The largest absolute Gasteiger partial charge is 0.508 e. The number of phenolic OH excluding ortho intramolecular Hbond substituents is 1. The number of hydrogen-bond donors (Lipinski definition) is 6. The Balaban J connectivity index is 2.55. The number of aliphatic carboxylic acids is 1. The first-order valence-electron chi connectivity index (χ1n) is 6.77. The van der Waals surface area contributed by atoms with Gasteiger partial charge in [0.05, 0.1) is 6.04 Å². The van der Waals surface area contributed by atoms with Crippen molar-refractivity contribution in [2.75, 3.05) is 12.3 Å². The van der Waals surface area contributed by atoms with Gasteiger partial charge in [-0.3, -0.25) is 14.4 Å². The average Bonchev–Trinajstić information content (AvgIpc) is 2.52. The second kappa shape index (κ2) is 9.01. The number of carboxylic acids is 1. The zero-order valence-electron chi connectivity index (χ0n) is 12.2. The summed E-state index contributed by atoms with van der Waals surface area (Å²) in [6.45, 7) is -0.543. The van der Waals surface area contributed by atoms with Gasteiger partial charge < -0.3 is 26.6 Å². The van der Waals surface area contributed by atoms with E-state index in [2.05, 4.69) is 23.3 Å². The van der Waals surface area contributed by atoms with Gasteiger partial charge >= 0.3 is 5.97 Å². The van der Waals surface area contributed by atoms with Gasteiger partial charge in [0.25, 0.3) is 0 Å². The van der Waals surface area contributed by atoms with Crippen LogP contribution in [0.5, 0.6) is 5.75 Å². The van der Waals surface area contributed by atoms with Crippen molar-refractivity contribution < 1.29 is 24.6 Å². The molecular weight excluding hydrogens is 322 g/mol. The molecule has 2 amide bonds. The van der Waals surface area contributed by atoms with Crippen LogP contribution in [0.4, 0.5) is 0 Å². The third kappa shape index (κ3) is 6.57. The monoisotopic (exact) mass is 341 g/mol. The van der Waals surface area contributed by atoms with Crippen LogP contribution in [0.1, 0.15) is 5.56 Å². The highest BCUT2D eigenvalue weighted by molar-refractivity contribution is 7.80. The third-order valence-corrected chi connectivity index (χ3v) is 3.32. The van der Waals surface area contributed by atoms with Crippen molar-refractivity contribution in [2.24, 2.45) is 5.73 Å². The minimum atomic E-state index is -1.19. The highest BCUT2D eigenvalue weighted by Gasteiger charge is 2.23. The molecular formula is C14H19N3O5S. The maximum absolute atomic E-state index is 12.0. The number of nitrogens with two attached hydrogens (primary N) is 1. The van der Waals surface area contributed by atoms with Gasteiger partial charge in [0.15, 0.2) is 0 Å². The van der Waals surface area contributed by atoms with Crippen LogP contribution in [-0.2, 0) is 20.8 Å². The Morgan fingerprint density at radius 2 is 1.78 bits per heavy atom. The highest BCUT2D eigenvalue weighted by Crippen LogP contribution is 2.10. The number of rotatable bonds is 8. The molecule has 0 spiro atoms. The van der Waals surface area contributed by atoms with Crippen molar-refractivity contribution >= 4 is 30.4 Å². The summed E-state index contributed by atoms with van der Waals surface area (Å²) in [7, 11) is 0. The first kappa shape index (κ1) is 18.8. The summed E-state index contributed by atoms with van der Waals surface area (Å²) in [6, 6.07) is 4.37. The lowest BCUT2D eigenvalue weighted by atomic mass is 10.1. The molecule has 23 heavy (non-hydrogen) atoms. The molecule has 1 aromatic carbocycles. The van der Waals surface area contributed by atoms with Crippen molar-refractivity contribution in [2.45, 2.75) is 18.5 Å². The topological polar surface area (TPSA) is 142 Å². The highest BCUT2D eigenvalue weighted by atomic mass is 32.1. The van der Waals surface area contributed by atoms with Crippen LogP contribution in [0.3, 0.4) is 0 Å². The number of thiol groups is 1. The molecule has 0 aliphatic carbocycles. The summed E-state index contributed by atoms with van der Waals surface area (Å²) in [4.78, 5) is 34.1. The number of nitrogens with one attached hydrogen (secondary N) is 2. The molecule has 0 bridgehead atoms. The lowest BCUT2D eigenvalue weighted by Gasteiger charge is -2.19. The van der Waals surface area contributed by atoms with Gasteiger partial charge in [0, 0.05) is 5.75 Å². The number of hydrogen-bond acceptors (Lipinski definition) is 6. The number of phenols is 1. The van der Waals surface area contributed by atoms with Crippen LogP contribution in [0.2, 0.25) is 0 Å². The lowest BCUT2D eigenvalue weighted by Crippen LogP contribution is -2.53. The normalized spacial score (nSPS) is 13.0. The van der Waals surface area contributed by atoms with Crippen LogP contribution >= 0.6 is 12.6 Å². The molecule has 0 aliphatic heterocycles. The van der Waals surface area contributed by atoms with E-state index in [1.54, 1.807) is 12.1 Å². The standard InChI is InChI=1S/C14H19N3O5S/c15-10(5-8-1-3-9(18)4-2-8)13(21)17-11(7-23)14(22)16-6-12(19)20/h1-4,10-11,18,23H,5-7,15H2,(H,16,22)(H,17,21)(H,19,20). The predicted molar refractivity (Wildman–Crippen MR) is 86.2 cm³/mol. The van der Waals surface area contributed by atoms with E-state index in [0.717, 1.165) is 5.56 Å². The zero-order chi connectivity index (χ0) is 17.4. The first-order valence-corrected chi connectivity index (χ1v) is 7.41. The van der Waals surface area contributed by atoms with Gasteiger partial charge in [-0.25, -0.2) is 0 Å². The van der Waals surface area contributed by atoms with E-state index >= 15 is 0 Å². The van der Waals surface area contributed by atoms with Gasteiger partial charge in [-0.2, -0.15) is 12.6 Å². The molecule has 126 valence electrons. The molecule has 0 aromatic heterocycles. The molecule has 6 N–H and O–H groups in total. The minimum absolute atomic E-state index is 0.00310. The van der Waals surface area contributed by atoms with E-state index in [1.165, 1.54) is 12.1 Å². The Morgan fingerprint density at radius 3 is 2.30 bits per heavy atom. The van der Waals surface area contributed by atoms with Crippen LogP contribution in [-0.4, -0.2) is 52.4 Å². The number of carbonyl (C=O) groups excluding carboxylic acids is 2. The molecule has 0 radical (unpaired) electrons. The van der Waals surface area contributed by atoms with Gasteiger partial charge in [0.1, 0.15) is 18.3 Å². The summed E-state index contributed by atoms with van der Waals surface area (Å²) in [6.07, 6.45) is 0.224.